The summed E-state index contributed by atoms with van der Waals surface area (Å²) in [5.41, 5.74) is -0.454. The summed E-state index contributed by atoms with van der Waals surface area (Å²) in [4.78, 5) is 21.9. The minimum absolute atomic E-state index is 0.115. The van der Waals surface area contributed by atoms with Crippen LogP contribution in [0, 0.1) is 0 Å². The number of aliphatic hydroxyl groups is 1. The van der Waals surface area contributed by atoms with E-state index in [9.17, 15) is 9.90 Å². The highest BCUT2D eigenvalue weighted by Crippen LogP contribution is 2.36. The highest BCUT2D eigenvalue weighted by atomic mass is 16.6. The van der Waals surface area contributed by atoms with Crippen LogP contribution < -0.4 is 10.6 Å². The number of amides is 1. The van der Waals surface area contributed by atoms with E-state index in [0.717, 1.165) is 83.6 Å². The van der Waals surface area contributed by atoms with Crippen molar-refractivity contribution >= 4 is 12.1 Å². The molecule has 31 heavy (non-hydrogen) atoms. The fraction of sp³-hybridized carbons (Fsp3) is 0.913. The molecule has 3 aliphatic heterocycles. The number of carbonyl (C=O) groups excluding carboxylic acids is 1. The van der Waals surface area contributed by atoms with Gasteiger partial charge in [-0.15, -0.1) is 0 Å². The zero-order valence-corrected chi connectivity index (χ0v) is 19.9. The summed E-state index contributed by atoms with van der Waals surface area (Å²) in [6, 6.07) is 0.837. The molecular weight excluding hydrogens is 394 g/mol. The number of rotatable bonds is 6. The number of piperidine rings is 2. The van der Waals surface area contributed by atoms with E-state index in [1.165, 1.54) is 0 Å². The Hall–Kier alpha value is -1.54. The topological polar surface area (TPSA) is 89.4 Å². The van der Waals surface area contributed by atoms with Gasteiger partial charge >= 0.3 is 6.09 Å². The van der Waals surface area contributed by atoms with E-state index < -0.39 is 5.60 Å². The molecule has 2 atom stereocenters. The molecule has 3 aliphatic rings. The van der Waals surface area contributed by atoms with Gasteiger partial charge in [0.1, 0.15) is 5.60 Å². The molecule has 0 aliphatic carbocycles. The van der Waals surface area contributed by atoms with Crippen molar-refractivity contribution in [2.75, 3.05) is 32.7 Å². The normalized spacial score (nSPS) is 28.0. The van der Waals surface area contributed by atoms with Crippen molar-refractivity contribution in [1.82, 2.24) is 20.4 Å². The molecule has 8 heteroatoms. The zero-order chi connectivity index (χ0) is 22.4. The van der Waals surface area contributed by atoms with Crippen molar-refractivity contribution in [3.05, 3.63) is 0 Å². The first kappa shape index (κ1) is 24.1. The molecule has 3 fully saturated rings. The van der Waals surface area contributed by atoms with Crippen LogP contribution in [0.25, 0.3) is 0 Å². The van der Waals surface area contributed by atoms with Crippen molar-refractivity contribution in [2.45, 2.75) is 102 Å². The van der Waals surface area contributed by atoms with Gasteiger partial charge in [0.2, 0.25) is 0 Å². The van der Waals surface area contributed by atoms with Gasteiger partial charge in [-0.3, -0.25) is 4.99 Å². The van der Waals surface area contributed by atoms with E-state index in [1.807, 2.05) is 25.7 Å². The average Bonchev–Trinajstić information content (AvgIpc) is 2.96. The van der Waals surface area contributed by atoms with Crippen molar-refractivity contribution in [3.8, 4) is 0 Å². The maximum Gasteiger partial charge on any atom is 0.410 e. The summed E-state index contributed by atoms with van der Waals surface area (Å²) < 4.78 is 5.65. The number of fused-ring (bicyclic) bond motifs is 2. The minimum atomic E-state index is -0.454. The molecule has 0 aromatic rings. The molecule has 8 nitrogen and oxygen atoms in total. The second-order valence-electron chi connectivity index (χ2n) is 10.3. The summed E-state index contributed by atoms with van der Waals surface area (Å²) in [6.45, 7) is 12.5. The summed E-state index contributed by atoms with van der Waals surface area (Å²) in [5, 5.41) is 16.6. The van der Waals surface area contributed by atoms with E-state index >= 15 is 0 Å². The van der Waals surface area contributed by atoms with Crippen LogP contribution in [0.4, 0.5) is 4.79 Å². The quantitative estimate of drug-likeness (QED) is 0.336. The van der Waals surface area contributed by atoms with Crippen LogP contribution >= 0.6 is 0 Å². The summed E-state index contributed by atoms with van der Waals surface area (Å²) in [6.07, 6.45) is 6.51. The number of aliphatic imine (C=N–C) groups is 1. The van der Waals surface area contributed by atoms with E-state index in [2.05, 4.69) is 22.5 Å². The third kappa shape index (κ3) is 7.24. The predicted octanol–water partition coefficient (Wildman–Crippen LogP) is 2.32. The highest BCUT2D eigenvalue weighted by Gasteiger charge is 2.45. The molecule has 2 bridgehead atoms. The second-order valence-corrected chi connectivity index (χ2v) is 10.3. The number of nitrogens with one attached hydrogen (secondary N) is 2. The third-order valence-electron chi connectivity index (χ3n) is 6.48. The van der Waals surface area contributed by atoms with Crippen LogP contribution in [0.5, 0.6) is 0 Å². The van der Waals surface area contributed by atoms with Gasteiger partial charge in [-0.05, 0) is 79.2 Å². The van der Waals surface area contributed by atoms with Crippen molar-refractivity contribution in [1.29, 1.82) is 0 Å². The Morgan fingerprint density at radius 2 is 1.77 bits per heavy atom. The van der Waals surface area contributed by atoms with Gasteiger partial charge in [-0.25, -0.2) is 4.79 Å². The minimum Gasteiger partial charge on any atom is -0.444 e. The maximum absolute atomic E-state index is 12.7. The summed E-state index contributed by atoms with van der Waals surface area (Å²) in [5.74, 6) is 0.881. The number of hydrogen-bond acceptors (Lipinski definition) is 5. The molecule has 0 aromatic heterocycles. The molecule has 0 spiro atoms. The molecule has 0 aromatic carbocycles. The Labute approximate surface area is 187 Å². The summed E-state index contributed by atoms with van der Waals surface area (Å²) >= 11 is 0. The van der Waals surface area contributed by atoms with Crippen LogP contribution in [0.1, 0.15) is 72.6 Å². The lowest BCUT2D eigenvalue weighted by Gasteiger charge is -2.40. The molecule has 1 amide bonds. The van der Waals surface area contributed by atoms with Crippen LogP contribution in [0.2, 0.25) is 0 Å². The van der Waals surface area contributed by atoms with Gasteiger partial charge in [0.05, 0.1) is 6.10 Å². The largest absolute Gasteiger partial charge is 0.444 e. The Bertz CT molecular complexity index is 599. The second kappa shape index (κ2) is 10.9. The fourth-order valence-corrected chi connectivity index (χ4v) is 5.05. The third-order valence-corrected chi connectivity index (χ3v) is 6.48. The monoisotopic (exact) mass is 437 g/mol. The van der Waals surface area contributed by atoms with Gasteiger partial charge in [-0.1, -0.05) is 0 Å². The van der Waals surface area contributed by atoms with Crippen molar-refractivity contribution in [2.24, 2.45) is 4.99 Å². The predicted molar refractivity (Wildman–Crippen MR) is 123 cm³/mol. The first-order chi connectivity index (χ1) is 14.7. The Morgan fingerprint density at radius 1 is 1.13 bits per heavy atom. The maximum atomic E-state index is 12.7. The first-order valence-electron chi connectivity index (χ1n) is 12.2. The van der Waals surface area contributed by atoms with Crippen LogP contribution in [0.3, 0.4) is 0 Å². The lowest BCUT2D eigenvalue weighted by molar-refractivity contribution is 0.00545. The van der Waals surface area contributed by atoms with Crippen LogP contribution in [-0.4, -0.2) is 89.5 Å². The van der Waals surface area contributed by atoms with Crippen molar-refractivity contribution in [3.63, 3.8) is 0 Å². The van der Waals surface area contributed by atoms with E-state index in [1.54, 1.807) is 0 Å². The Balaban J connectivity index is 1.46. The number of likely N-dealkylation sites (tertiary alicyclic amines) is 1. The van der Waals surface area contributed by atoms with Gasteiger partial charge in [0.15, 0.2) is 5.96 Å². The van der Waals surface area contributed by atoms with Gasteiger partial charge in [0, 0.05) is 44.3 Å². The molecule has 3 saturated heterocycles. The van der Waals surface area contributed by atoms with Crippen molar-refractivity contribution < 1.29 is 14.6 Å². The smallest absolute Gasteiger partial charge is 0.410 e. The number of carbonyl (C=O) groups is 1. The number of nitrogens with zero attached hydrogens (tertiary/aromatic N) is 3. The lowest BCUT2D eigenvalue weighted by Crippen LogP contribution is -2.55. The van der Waals surface area contributed by atoms with Crippen LogP contribution in [-0.2, 0) is 4.74 Å². The zero-order valence-electron chi connectivity index (χ0n) is 19.9. The Kier molecular flexibility index (Phi) is 8.44. The molecule has 3 rings (SSSR count). The summed E-state index contributed by atoms with van der Waals surface area (Å²) in [7, 11) is 0. The van der Waals surface area contributed by atoms with Gasteiger partial charge in [0.25, 0.3) is 0 Å². The Morgan fingerprint density at radius 3 is 2.35 bits per heavy atom. The molecule has 0 radical (unpaired) electrons. The SMILES string of the molecule is CCNC(=NCCCN1CCC(O)CC1)NC1CC2CCC(C1)N2C(=O)OC(C)(C)C. The average molecular weight is 438 g/mol. The molecule has 178 valence electrons. The highest BCUT2D eigenvalue weighted by molar-refractivity contribution is 5.80. The number of ether oxygens (including phenoxy) is 1. The van der Waals surface area contributed by atoms with Gasteiger partial charge < -0.3 is 30.3 Å². The molecule has 3 N–H and O–H groups in total. The van der Waals surface area contributed by atoms with Gasteiger partial charge in [-0.2, -0.15) is 0 Å². The van der Waals surface area contributed by atoms with Crippen LogP contribution in [0.15, 0.2) is 4.99 Å². The van der Waals surface area contributed by atoms with E-state index in [0.29, 0.717) is 6.04 Å². The number of hydrogen-bond donors (Lipinski definition) is 3. The molecule has 3 heterocycles. The molecule has 2 unspecified atom stereocenters. The molecular formula is C23H43N5O3. The molecule has 0 saturated carbocycles. The lowest BCUT2D eigenvalue weighted by atomic mass is 9.98. The first-order valence-corrected chi connectivity index (χ1v) is 12.2. The number of guanidine groups is 1. The number of aliphatic hydroxyl groups excluding tert-OH is 1. The van der Waals surface area contributed by atoms with E-state index in [-0.39, 0.29) is 24.3 Å². The fourth-order valence-electron chi connectivity index (χ4n) is 5.05. The standard InChI is InChI=1S/C23H43N5O3/c1-5-24-21(25-11-6-12-27-13-9-20(29)10-14-27)26-17-15-18-7-8-19(16-17)28(18)22(30)31-23(2,3)4/h17-20,29H,5-16H2,1-4H3,(H2,24,25,26). The van der Waals surface area contributed by atoms with E-state index in [4.69, 9.17) is 9.73 Å².